The lowest BCUT2D eigenvalue weighted by Gasteiger charge is -2.22. The zero-order chi connectivity index (χ0) is 22.9. The predicted octanol–water partition coefficient (Wildman–Crippen LogP) is 5.95. The Kier molecular flexibility index (Phi) is 5.50. The molecule has 6 rings (SSSR count). The predicted molar refractivity (Wildman–Crippen MR) is 134 cm³/mol. The maximum atomic E-state index is 13.3. The molecule has 7 nitrogen and oxygen atoms in total. The topological polar surface area (TPSA) is 89.1 Å². The van der Waals surface area contributed by atoms with Gasteiger partial charge in [-0.3, -0.25) is 4.79 Å². The van der Waals surface area contributed by atoms with Gasteiger partial charge in [0, 0.05) is 5.92 Å². The van der Waals surface area contributed by atoms with E-state index in [9.17, 15) is 4.79 Å². The van der Waals surface area contributed by atoms with E-state index in [0.717, 1.165) is 53.2 Å². The molecule has 0 aliphatic heterocycles. The first-order valence-corrected chi connectivity index (χ1v) is 12.3. The highest BCUT2D eigenvalue weighted by Gasteiger charge is 2.22. The maximum absolute atomic E-state index is 13.3. The summed E-state index contributed by atoms with van der Waals surface area (Å²) in [7, 11) is 0. The van der Waals surface area contributed by atoms with Crippen molar-refractivity contribution >= 4 is 39.9 Å². The summed E-state index contributed by atoms with van der Waals surface area (Å²) < 4.78 is 7.40. The molecule has 2 aromatic carbocycles. The van der Waals surface area contributed by atoms with Crippen LogP contribution in [0.25, 0.3) is 21.9 Å². The van der Waals surface area contributed by atoms with Gasteiger partial charge in [0.05, 0.1) is 28.2 Å². The van der Waals surface area contributed by atoms with E-state index in [1.54, 1.807) is 12.3 Å². The third-order valence-corrected chi connectivity index (χ3v) is 7.02. The molecule has 3 aromatic heterocycles. The largest absolute Gasteiger partial charge is 0.448 e. The van der Waals surface area contributed by atoms with Gasteiger partial charge in [0.15, 0.2) is 10.2 Å². The van der Waals surface area contributed by atoms with E-state index in [1.807, 2.05) is 54.6 Å². The van der Waals surface area contributed by atoms with Crippen LogP contribution in [-0.4, -0.2) is 25.8 Å². The average molecular weight is 470 g/mol. The van der Waals surface area contributed by atoms with Gasteiger partial charge in [0.25, 0.3) is 5.56 Å². The zero-order valence-electron chi connectivity index (χ0n) is 18.5. The molecule has 0 radical (unpaired) electrons. The van der Waals surface area contributed by atoms with Gasteiger partial charge >= 0.3 is 0 Å². The van der Waals surface area contributed by atoms with Gasteiger partial charge < -0.3 is 9.40 Å². The highest BCUT2D eigenvalue weighted by Crippen LogP contribution is 2.32. The Morgan fingerprint density at radius 1 is 0.971 bits per heavy atom. The second-order valence-electron chi connectivity index (χ2n) is 8.50. The number of furan rings is 1. The highest BCUT2D eigenvalue weighted by atomic mass is 32.2. The number of fused-ring (bicyclic) bond motifs is 2. The van der Waals surface area contributed by atoms with E-state index in [4.69, 9.17) is 9.40 Å². The first-order valence-electron chi connectivity index (χ1n) is 11.5. The molecule has 1 saturated carbocycles. The van der Waals surface area contributed by atoms with Crippen molar-refractivity contribution in [2.24, 2.45) is 5.10 Å². The van der Waals surface area contributed by atoms with Gasteiger partial charge in [-0.05, 0) is 61.0 Å². The molecule has 1 aliphatic carbocycles. The fourth-order valence-electron chi connectivity index (χ4n) is 4.52. The van der Waals surface area contributed by atoms with Gasteiger partial charge in [-0.2, -0.15) is 9.78 Å². The van der Waals surface area contributed by atoms with Crippen molar-refractivity contribution < 1.29 is 4.42 Å². The number of imidazole rings is 1. The van der Waals surface area contributed by atoms with Crippen LogP contribution in [0.3, 0.4) is 0 Å². The number of hydrogen-bond donors (Lipinski definition) is 1. The zero-order valence-corrected chi connectivity index (χ0v) is 19.3. The van der Waals surface area contributed by atoms with Crippen LogP contribution in [0.15, 0.2) is 85.2 Å². The first kappa shape index (κ1) is 20.9. The SMILES string of the molecule is O=c1c2ccccc2nc(C2CCCCC2)n1N=Cc1ccc(Sc2nc3ccccc3[nH]2)o1. The molecule has 0 saturated heterocycles. The smallest absolute Gasteiger partial charge is 0.282 e. The number of hydrogen-bond acceptors (Lipinski definition) is 6. The summed E-state index contributed by atoms with van der Waals surface area (Å²) in [4.78, 5) is 26.0. The molecule has 1 N–H and O–H groups in total. The summed E-state index contributed by atoms with van der Waals surface area (Å²) in [5.74, 6) is 1.54. The van der Waals surface area contributed by atoms with Crippen LogP contribution in [0.2, 0.25) is 0 Å². The van der Waals surface area contributed by atoms with E-state index >= 15 is 0 Å². The number of nitrogens with zero attached hydrogens (tertiary/aromatic N) is 4. The summed E-state index contributed by atoms with van der Waals surface area (Å²) >= 11 is 1.41. The average Bonchev–Trinajstić information content (AvgIpc) is 3.50. The van der Waals surface area contributed by atoms with Crippen molar-refractivity contribution in [2.75, 3.05) is 0 Å². The molecule has 170 valence electrons. The second kappa shape index (κ2) is 8.95. The van der Waals surface area contributed by atoms with Crippen LogP contribution < -0.4 is 5.56 Å². The third-order valence-electron chi connectivity index (χ3n) is 6.22. The monoisotopic (exact) mass is 469 g/mol. The third kappa shape index (κ3) is 4.05. The summed E-state index contributed by atoms with van der Waals surface area (Å²) in [6, 6.07) is 19.1. The number of aromatic nitrogens is 4. The van der Waals surface area contributed by atoms with E-state index in [1.165, 1.54) is 22.9 Å². The van der Waals surface area contributed by atoms with Crippen LogP contribution >= 0.6 is 11.8 Å². The Morgan fingerprint density at radius 3 is 2.62 bits per heavy atom. The van der Waals surface area contributed by atoms with Crippen LogP contribution in [0.4, 0.5) is 0 Å². The molecule has 0 atom stereocenters. The quantitative estimate of drug-likeness (QED) is 0.322. The van der Waals surface area contributed by atoms with Gasteiger partial charge in [-0.15, -0.1) is 0 Å². The number of benzene rings is 2. The highest BCUT2D eigenvalue weighted by molar-refractivity contribution is 7.99. The lowest BCUT2D eigenvalue weighted by molar-refractivity contribution is 0.416. The Labute approximate surface area is 199 Å². The molecule has 0 bridgehead atoms. The lowest BCUT2D eigenvalue weighted by Crippen LogP contribution is -2.25. The van der Waals surface area contributed by atoms with Crippen molar-refractivity contribution in [1.82, 2.24) is 19.6 Å². The fraction of sp³-hybridized carbons (Fsp3) is 0.231. The molecule has 8 heteroatoms. The summed E-state index contributed by atoms with van der Waals surface area (Å²) in [6.07, 6.45) is 7.18. The van der Waals surface area contributed by atoms with Crippen molar-refractivity contribution in [3.8, 4) is 0 Å². The van der Waals surface area contributed by atoms with E-state index in [2.05, 4.69) is 15.1 Å². The molecule has 0 unspecified atom stereocenters. The van der Waals surface area contributed by atoms with Gasteiger partial charge in [0.1, 0.15) is 11.6 Å². The Bertz CT molecular complexity index is 1530. The van der Waals surface area contributed by atoms with Crippen LogP contribution in [0, 0.1) is 0 Å². The molecule has 0 amide bonds. The molecule has 3 heterocycles. The van der Waals surface area contributed by atoms with Crippen LogP contribution in [0.1, 0.15) is 49.6 Å². The normalized spacial score (nSPS) is 15.1. The Morgan fingerprint density at radius 2 is 1.76 bits per heavy atom. The second-order valence-corrected chi connectivity index (χ2v) is 9.49. The molecule has 34 heavy (non-hydrogen) atoms. The number of H-pyrrole nitrogens is 1. The van der Waals surface area contributed by atoms with Gasteiger partial charge in [-0.25, -0.2) is 9.97 Å². The molecule has 0 spiro atoms. The number of para-hydroxylation sites is 3. The molecular formula is C26H23N5O2S. The number of aromatic amines is 1. The van der Waals surface area contributed by atoms with Crippen molar-refractivity contribution in [1.29, 1.82) is 0 Å². The minimum absolute atomic E-state index is 0.147. The molecule has 1 aliphatic rings. The number of nitrogens with one attached hydrogen (secondary N) is 1. The Hall–Kier alpha value is -3.65. The maximum Gasteiger partial charge on any atom is 0.282 e. The minimum Gasteiger partial charge on any atom is -0.448 e. The molecule has 5 aromatic rings. The van der Waals surface area contributed by atoms with Crippen molar-refractivity contribution in [3.05, 3.63) is 82.6 Å². The summed E-state index contributed by atoms with van der Waals surface area (Å²) in [5, 5.41) is 6.57. The van der Waals surface area contributed by atoms with Crippen molar-refractivity contribution in [2.45, 2.75) is 48.3 Å². The summed E-state index contributed by atoms with van der Waals surface area (Å²) in [5.41, 5.74) is 2.47. The molecular weight excluding hydrogens is 446 g/mol. The van der Waals surface area contributed by atoms with Crippen LogP contribution in [0.5, 0.6) is 0 Å². The van der Waals surface area contributed by atoms with Gasteiger partial charge in [0.2, 0.25) is 0 Å². The minimum atomic E-state index is -0.147. The lowest BCUT2D eigenvalue weighted by atomic mass is 9.88. The fourth-order valence-corrected chi connectivity index (χ4v) is 5.29. The molecule has 1 fully saturated rings. The Balaban J connectivity index is 1.31. The van der Waals surface area contributed by atoms with Crippen LogP contribution in [-0.2, 0) is 0 Å². The van der Waals surface area contributed by atoms with Crippen molar-refractivity contribution in [3.63, 3.8) is 0 Å². The van der Waals surface area contributed by atoms with Gasteiger partial charge in [-0.1, -0.05) is 43.5 Å². The van der Waals surface area contributed by atoms with E-state index in [0.29, 0.717) is 16.2 Å². The van der Waals surface area contributed by atoms with E-state index < -0.39 is 0 Å². The number of rotatable bonds is 5. The summed E-state index contributed by atoms with van der Waals surface area (Å²) in [6.45, 7) is 0. The van der Waals surface area contributed by atoms with E-state index in [-0.39, 0.29) is 11.5 Å². The first-order chi connectivity index (χ1) is 16.7. The standard InChI is InChI=1S/C26H23N5O2S/c32-25-19-10-4-5-11-20(19)28-24(17-8-2-1-3-9-17)31(25)27-16-18-14-15-23(33-18)34-26-29-21-12-6-7-13-22(21)30-26/h4-7,10-17H,1-3,8-9H2,(H,29,30).